The van der Waals surface area contributed by atoms with E-state index in [4.69, 9.17) is 14.9 Å². The molecule has 0 fully saturated rings. The minimum absolute atomic E-state index is 0.00551. The third-order valence-electron chi connectivity index (χ3n) is 2.02. The summed E-state index contributed by atoms with van der Waals surface area (Å²) in [5.41, 5.74) is -0.193. The zero-order chi connectivity index (χ0) is 11.9. The van der Waals surface area contributed by atoms with E-state index in [2.05, 4.69) is 0 Å². The van der Waals surface area contributed by atoms with Crippen molar-refractivity contribution >= 4 is 5.97 Å². The molecule has 0 heterocycles. The normalized spacial score (nSPS) is 12.1. The minimum Gasteiger partial charge on any atom is -0.480 e. The predicted molar refractivity (Wildman–Crippen MR) is 56.9 cm³/mol. The quantitative estimate of drug-likeness (QED) is 0.598. The zero-order valence-corrected chi connectivity index (χ0v) is 9.69. The molecule has 0 aliphatic rings. The molecule has 0 bridgehead atoms. The molecule has 0 rings (SSSR count). The number of ether oxygens (including phenoxy) is 1. The molecule has 0 unspecified atom stereocenters. The van der Waals surface area contributed by atoms with Gasteiger partial charge in [-0.2, -0.15) is 0 Å². The molecule has 0 saturated carbocycles. The average molecular weight is 219 g/mol. The topological polar surface area (TPSA) is 70.0 Å². The standard InChI is InChI=1S/C10H21NO4/c1-10(2,3)11(8-9(13)14)4-6-15-7-5-12/h12H,4-8H2,1-3H3,(H,13,14). The maximum Gasteiger partial charge on any atom is 0.317 e. The van der Waals surface area contributed by atoms with Crippen molar-refractivity contribution in [3.8, 4) is 0 Å². The first-order chi connectivity index (χ1) is 6.88. The van der Waals surface area contributed by atoms with E-state index < -0.39 is 5.97 Å². The first-order valence-electron chi connectivity index (χ1n) is 5.03. The lowest BCUT2D eigenvalue weighted by Gasteiger charge is -2.34. The van der Waals surface area contributed by atoms with Crippen LogP contribution in [-0.4, -0.2) is 59.5 Å². The van der Waals surface area contributed by atoms with Crippen molar-refractivity contribution < 1.29 is 19.7 Å². The van der Waals surface area contributed by atoms with Crippen LogP contribution in [0.15, 0.2) is 0 Å². The average Bonchev–Trinajstić information content (AvgIpc) is 2.08. The zero-order valence-electron chi connectivity index (χ0n) is 9.69. The molecule has 0 radical (unpaired) electrons. The van der Waals surface area contributed by atoms with Gasteiger partial charge < -0.3 is 14.9 Å². The summed E-state index contributed by atoms with van der Waals surface area (Å²) in [7, 11) is 0. The first-order valence-corrected chi connectivity index (χ1v) is 5.03. The summed E-state index contributed by atoms with van der Waals surface area (Å²) in [5, 5.41) is 17.2. The number of hydrogen-bond acceptors (Lipinski definition) is 4. The molecule has 5 nitrogen and oxygen atoms in total. The maximum absolute atomic E-state index is 10.6. The van der Waals surface area contributed by atoms with Crippen LogP contribution in [0.2, 0.25) is 0 Å². The third kappa shape index (κ3) is 7.30. The first kappa shape index (κ1) is 14.3. The summed E-state index contributed by atoms with van der Waals surface area (Å²) in [6.07, 6.45) is 0. The largest absolute Gasteiger partial charge is 0.480 e. The lowest BCUT2D eigenvalue weighted by molar-refractivity contribution is -0.140. The van der Waals surface area contributed by atoms with Crippen molar-refractivity contribution in [3.05, 3.63) is 0 Å². The van der Waals surface area contributed by atoms with Gasteiger partial charge >= 0.3 is 5.97 Å². The van der Waals surface area contributed by atoms with Crippen LogP contribution in [0.4, 0.5) is 0 Å². The van der Waals surface area contributed by atoms with Crippen LogP contribution in [0.1, 0.15) is 20.8 Å². The van der Waals surface area contributed by atoms with E-state index >= 15 is 0 Å². The van der Waals surface area contributed by atoms with Crippen LogP contribution < -0.4 is 0 Å². The summed E-state index contributed by atoms with van der Waals surface area (Å²) in [6.45, 7) is 7.17. The maximum atomic E-state index is 10.6. The highest BCUT2D eigenvalue weighted by Crippen LogP contribution is 2.11. The molecule has 0 amide bonds. The Morgan fingerprint density at radius 3 is 2.33 bits per heavy atom. The van der Waals surface area contributed by atoms with Gasteiger partial charge in [-0.1, -0.05) is 0 Å². The molecule has 0 aliphatic carbocycles. The van der Waals surface area contributed by atoms with Crippen LogP contribution in [0, 0.1) is 0 Å². The Morgan fingerprint density at radius 1 is 1.33 bits per heavy atom. The molecule has 90 valence electrons. The molecule has 0 aromatic heterocycles. The summed E-state index contributed by atoms with van der Waals surface area (Å²) in [4.78, 5) is 12.4. The number of rotatable bonds is 7. The van der Waals surface area contributed by atoms with Gasteiger partial charge in [0.1, 0.15) is 0 Å². The Balaban J connectivity index is 3.97. The fraction of sp³-hybridized carbons (Fsp3) is 0.900. The number of carboxylic acids is 1. The van der Waals surface area contributed by atoms with E-state index in [1.54, 1.807) is 0 Å². The van der Waals surface area contributed by atoms with Crippen molar-refractivity contribution in [1.82, 2.24) is 4.90 Å². The molecule has 0 saturated heterocycles. The van der Waals surface area contributed by atoms with Crippen LogP contribution in [0.25, 0.3) is 0 Å². The Bertz CT molecular complexity index is 188. The third-order valence-corrected chi connectivity index (χ3v) is 2.02. The lowest BCUT2D eigenvalue weighted by atomic mass is 10.1. The summed E-state index contributed by atoms with van der Waals surface area (Å²) >= 11 is 0. The number of nitrogens with zero attached hydrogens (tertiary/aromatic N) is 1. The van der Waals surface area contributed by atoms with Crippen molar-refractivity contribution in [3.63, 3.8) is 0 Å². The van der Waals surface area contributed by atoms with E-state index in [1.807, 2.05) is 25.7 Å². The Kier molecular flexibility index (Phi) is 6.47. The fourth-order valence-electron chi connectivity index (χ4n) is 1.16. The van der Waals surface area contributed by atoms with Gasteiger partial charge in [0.05, 0.1) is 26.4 Å². The molecule has 2 N–H and O–H groups in total. The second-order valence-electron chi connectivity index (χ2n) is 4.32. The molecule has 0 aromatic rings. The van der Waals surface area contributed by atoms with E-state index in [1.165, 1.54) is 0 Å². The monoisotopic (exact) mass is 219 g/mol. The van der Waals surface area contributed by atoms with Crippen LogP contribution >= 0.6 is 0 Å². The van der Waals surface area contributed by atoms with Gasteiger partial charge in [-0.25, -0.2) is 0 Å². The van der Waals surface area contributed by atoms with Crippen molar-refractivity contribution in [1.29, 1.82) is 0 Å². The minimum atomic E-state index is -0.841. The molecular weight excluding hydrogens is 198 g/mol. The van der Waals surface area contributed by atoms with Gasteiger partial charge in [0.15, 0.2) is 0 Å². The number of carbonyl (C=O) groups is 1. The molecule has 0 aromatic carbocycles. The van der Waals surface area contributed by atoms with Gasteiger partial charge in [-0.3, -0.25) is 9.69 Å². The molecular formula is C10H21NO4. The number of aliphatic carboxylic acids is 1. The smallest absolute Gasteiger partial charge is 0.317 e. The van der Waals surface area contributed by atoms with E-state index in [-0.39, 0.29) is 18.7 Å². The Morgan fingerprint density at radius 2 is 1.93 bits per heavy atom. The number of hydrogen-bond donors (Lipinski definition) is 2. The van der Waals surface area contributed by atoms with E-state index in [9.17, 15) is 4.79 Å². The van der Waals surface area contributed by atoms with Crippen LogP contribution in [-0.2, 0) is 9.53 Å². The molecule has 0 spiro atoms. The van der Waals surface area contributed by atoms with Crippen LogP contribution in [0.5, 0.6) is 0 Å². The lowest BCUT2D eigenvalue weighted by Crippen LogP contribution is -2.46. The molecule has 0 aliphatic heterocycles. The second kappa shape index (κ2) is 6.76. The fourth-order valence-corrected chi connectivity index (χ4v) is 1.16. The number of aliphatic hydroxyl groups excluding tert-OH is 1. The SMILES string of the molecule is CC(C)(C)N(CCOCCO)CC(=O)O. The van der Waals surface area contributed by atoms with Crippen LogP contribution in [0.3, 0.4) is 0 Å². The summed E-state index contributed by atoms with van der Waals surface area (Å²) in [6, 6.07) is 0. The Hall–Kier alpha value is -0.650. The summed E-state index contributed by atoms with van der Waals surface area (Å²) in [5.74, 6) is -0.841. The van der Waals surface area contributed by atoms with Gasteiger partial charge in [0.25, 0.3) is 0 Å². The Labute approximate surface area is 90.6 Å². The predicted octanol–water partition coefficient (Wildman–Crippen LogP) is 0.180. The van der Waals surface area contributed by atoms with Gasteiger partial charge in [0.2, 0.25) is 0 Å². The molecule has 15 heavy (non-hydrogen) atoms. The summed E-state index contributed by atoms with van der Waals surface area (Å²) < 4.78 is 5.11. The highest BCUT2D eigenvalue weighted by molar-refractivity contribution is 5.69. The second-order valence-corrected chi connectivity index (χ2v) is 4.32. The van der Waals surface area contributed by atoms with Crippen molar-refractivity contribution in [2.75, 3.05) is 32.9 Å². The van der Waals surface area contributed by atoms with Crippen molar-refractivity contribution in [2.24, 2.45) is 0 Å². The van der Waals surface area contributed by atoms with E-state index in [0.29, 0.717) is 19.8 Å². The van der Waals surface area contributed by atoms with Gasteiger partial charge in [0, 0.05) is 12.1 Å². The highest BCUT2D eigenvalue weighted by atomic mass is 16.5. The molecule has 0 atom stereocenters. The van der Waals surface area contributed by atoms with E-state index in [0.717, 1.165) is 0 Å². The van der Waals surface area contributed by atoms with Crippen molar-refractivity contribution in [2.45, 2.75) is 26.3 Å². The highest BCUT2D eigenvalue weighted by Gasteiger charge is 2.22. The number of aliphatic hydroxyl groups is 1. The number of carboxylic acid groups (broad SMARTS) is 1. The van der Waals surface area contributed by atoms with Gasteiger partial charge in [-0.15, -0.1) is 0 Å². The molecule has 5 heteroatoms. The van der Waals surface area contributed by atoms with Gasteiger partial charge in [-0.05, 0) is 20.8 Å².